The Balaban J connectivity index is 2.30. The molecule has 0 fully saturated rings. The van der Waals surface area contributed by atoms with Gasteiger partial charge in [-0.25, -0.2) is 13.4 Å². The lowest BCUT2D eigenvalue weighted by Gasteiger charge is -2.08. The summed E-state index contributed by atoms with van der Waals surface area (Å²) in [5.74, 6) is 0. The molecule has 0 aliphatic rings. The number of thiophene rings is 1. The molecule has 0 amide bonds. The number of hydrogen-bond donors (Lipinski definition) is 1. The molecule has 0 aliphatic heterocycles. The summed E-state index contributed by atoms with van der Waals surface area (Å²) in [5, 5.41) is 0. The molecule has 0 aromatic carbocycles. The van der Waals surface area contributed by atoms with Crippen molar-refractivity contribution in [3.63, 3.8) is 0 Å². The Labute approximate surface area is 125 Å². The molecular weight excluding hydrogens is 348 g/mol. The van der Waals surface area contributed by atoms with Gasteiger partial charge in [0, 0.05) is 4.88 Å². The van der Waals surface area contributed by atoms with Crippen LogP contribution in [0.4, 0.5) is 5.69 Å². The van der Waals surface area contributed by atoms with Crippen molar-refractivity contribution >= 4 is 43.0 Å². The van der Waals surface area contributed by atoms with Crippen LogP contribution in [0.1, 0.15) is 17.5 Å². The molecule has 102 valence electrons. The van der Waals surface area contributed by atoms with Crippen LogP contribution >= 0.6 is 27.3 Å². The number of aryl methyl sites for hydroxylation is 2. The van der Waals surface area contributed by atoms with Gasteiger partial charge in [-0.1, -0.05) is 6.92 Å². The van der Waals surface area contributed by atoms with Crippen LogP contribution in [0.25, 0.3) is 0 Å². The molecule has 4 nitrogen and oxygen atoms in total. The van der Waals surface area contributed by atoms with Crippen LogP contribution in [-0.4, -0.2) is 13.4 Å². The molecule has 0 atom stereocenters. The number of sulfonamides is 1. The van der Waals surface area contributed by atoms with E-state index >= 15 is 0 Å². The van der Waals surface area contributed by atoms with Crippen molar-refractivity contribution < 1.29 is 8.42 Å². The highest BCUT2D eigenvalue weighted by Crippen LogP contribution is 2.25. The summed E-state index contributed by atoms with van der Waals surface area (Å²) < 4.78 is 28.0. The first-order chi connectivity index (χ1) is 8.92. The van der Waals surface area contributed by atoms with Gasteiger partial charge in [-0.05, 0) is 53.5 Å². The van der Waals surface area contributed by atoms with Crippen molar-refractivity contribution in [1.82, 2.24) is 4.98 Å². The molecule has 0 saturated carbocycles. The monoisotopic (exact) mass is 360 g/mol. The van der Waals surface area contributed by atoms with Gasteiger partial charge < -0.3 is 0 Å². The maximum absolute atomic E-state index is 12.2. The second-order valence-corrected chi connectivity index (χ2v) is 7.84. The van der Waals surface area contributed by atoms with E-state index in [9.17, 15) is 8.42 Å². The first kappa shape index (κ1) is 14.5. The van der Waals surface area contributed by atoms with Crippen molar-refractivity contribution in [2.75, 3.05) is 4.72 Å². The number of aromatic nitrogens is 1. The maximum atomic E-state index is 12.2. The van der Waals surface area contributed by atoms with Gasteiger partial charge in [-0.3, -0.25) is 4.72 Å². The lowest BCUT2D eigenvalue weighted by molar-refractivity contribution is 0.603. The smallest absolute Gasteiger partial charge is 0.271 e. The Morgan fingerprint density at radius 2 is 2.05 bits per heavy atom. The number of rotatable bonds is 4. The van der Waals surface area contributed by atoms with Gasteiger partial charge in [0.05, 0.1) is 11.4 Å². The van der Waals surface area contributed by atoms with Crippen LogP contribution in [0, 0.1) is 6.92 Å². The van der Waals surface area contributed by atoms with Crippen LogP contribution in [0.15, 0.2) is 33.1 Å². The molecule has 0 unspecified atom stereocenters. The van der Waals surface area contributed by atoms with Crippen LogP contribution in [-0.2, 0) is 16.4 Å². The molecule has 2 rings (SSSR count). The van der Waals surface area contributed by atoms with Gasteiger partial charge in [0.25, 0.3) is 10.0 Å². The standard InChI is InChI=1S/C12H13BrN2O2S2/c1-3-9-4-7-12(18-9)19(16,17)15-10-5-6-11(13)14-8(10)2/h4-7,15H,3H2,1-2H3. The SMILES string of the molecule is CCc1ccc(S(=O)(=O)Nc2ccc(Br)nc2C)s1. The molecule has 19 heavy (non-hydrogen) atoms. The molecule has 7 heteroatoms. The molecule has 0 spiro atoms. The fourth-order valence-corrected chi connectivity index (χ4v) is 4.34. The topological polar surface area (TPSA) is 59.1 Å². The quantitative estimate of drug-likeness (QED) is 0.847. The molecule has 0 saturated heterocycles. The van der Waals surface area contributed by atoms with Crippen LogP contribution in [0.5, 0.6) is 0 Å². The maximum Gasteiger partial charge on any atom is 0.271 e. The number of nitrogens with zero attached hydrogens (tertiary/aromatic N) is 1. The third-order valence-electron chi connectivity index (χ3n) is 2.55. The third-order valence-corrected chi connectivity index (χ3v) is 6.08. The van der Waals surface area contributed by atoms with E-state index in [4.69, 9.17) is 0 Å². The normalized spacial score (nSPS) is 11.5. The Bertz CT molecular complexity index is 696. The van der Waals surface area contributed by atoms with E-state index < -0.39 is 10.0 Å². The molecule has 2 aromatic heterocycles. The predicted octanol–water partition coefficient (Wildman–Crippen LogP) is 3.58. The fraction of sp³-hybridized carbons (Fsp3) is 0.250. The highest BCUT2D eigenvalue weighted by molar-refractivity contribution is 9.10. The van der Waals surface area contributed by atoms with Gasteiger partial charge >= 0.3 is 0 Å². The lowest BCUT2D eigenvalue weighted by atomic mass is 10.3. The highest BCUT2D eigenvalue weighted by atomic mass is 79.9. The van der Waals surface area contributed by atoms with E-state index in [0.29, 0.717) is 20.2 Å². The van der Waals surface area contributed by atoms with Crippen molar-refractivity contribution in [2.24, 2.45) is 0 Å². The Morgan fingerprint density at radius 1 is 1.32 bits per heavy atom. The zero-order valence-corrected chi connectivity index (χ0v) is 13.7. The molecule has 2 aromatic rings. The summed E-state index contributed by atoms with van der Waals surface area (Å²) in [6.07, 6.45) is 0.832. The second-order valence-electron chi connectivity index (χ2n) is 3.95. The van der Waals surface area contributed by atoms with E-state index in [1.807, 2.05) is 13.0 Å². The molecule has 0 radical (unpaired) electrons. The van der Waals surface area contributed by atoms with Gasteiger partial charge in [0.15, 0.2) is 0 Å². The molecular formula is C12H13BrN2O2S2. The fourth-order valence-electron chi connectivity index (χ4n) is 1.53. The summed E-state index contributed by atoms with van der Waals surface area (Å²) in [7, 11) is -3.52. The van der Waals surface area contributed by atoms with Crippen LogP contribution in [0.3, 0.4) is 0 Å². The van der Waals surface area contributed by atoms with E-state index in [-0.39, 0.29) is 0 Å². The molecule has 1 N–H and O–H groups in total. The summed E-state index contributed by atoms with van der Waals surface area (Å²) in [6.45, 7) is 3.76. The Kier molecular flexibility index (Phi) is 4.27. The summed E-state index contributed by atoms with van der Waals surface area (Å²) in [4.78, 5) is 5.21. The van der Waals surface area contributed by atoms with Gasteiger partial charge in [-0.15, -0.1) is 11.3 Å². The number of nitrogens with one attached hydrogen (secondary N) is 1. The minimum atomic E-state index is -3.52. The summed E-state index contributed by atoms with van der Waals surface area (Å²) >= 11 is 4.54. The predicted molar refractivity (Wildman–Crippen MR) is 81.2 cm³/mol. The van der Waals surface area contributed by atoms with E-state index in [1.54, 1.807) is 25.1 Å². The van der Waals surface area contributed by atoms with Crippen molar-refractivity contribution in [1.29, 1.82) is 0 Å². The minimum Gasteiger partial charge on any atom is -0.277 e. The minimum absolute atomic E-state index is 0.326. The van der Waals surface area contributed by atoms with Gasteiger partial charge in [-0.2, -0.15) is 0 Å². The average Bonchev–Trinajstić information content (AvgIpc) is 2.82. The first-order valence-corrected chi connectivity index (χ1v) is 8.76. The Morgan fingerprint density at radius 3 is 2.63 bits per heavy atom. The zero-order chi connectivity index (χ0) is 14.0. The van der Waals surface area contributed by atoms with Gasteiger partial charge in [0.1, 0.15) is 8.81 Å². The van der Waals surface area contributed by atoms with Crippen LogP contribution in [0.2, 0.25) is 0 Å². The first-order valence-electron chi connectivity index (χ1n) is 5.67. The number of pyridine rings is 1. The van der Waals surface area contributed by atoms with Crippen molar-refractivity contribution in [3.8, 4) is 0 Å². The summed E-state index contributed by atoms with van der Waals surface area (Å²) in [6, 6.07) is 6.87. The second kappa shape index (κ2) is 5.60. The van der Waals surface area contributed by atoms with Crippen molar-refractivity contribution in [2.45, 2.75) is 24.5 Å². The zero-order valence-electron chi connectivity index (χ0n) is 10.5. The number of halogens is 1. The highest BCUT2D eigenvalue weighted by Gasteiger charge is 2.17. The number of hydrogen-bond acceptors (Lipinski definition) is 4. The lowest BCUT2D eigenvalue weighted by Crippen LogP contribution is -2.12. The van der Waals surface area contributed by atoms with E-state index in [2.05, 4.69) is 25.6 Å². The van der Waals surface area contributed by atoms with Crippen molar-refractivity contribution in [3.05, 3.63) is 39.4 Å². The van der Waals surface area contributed by atoms with E-state index in [1.165, 1.54) is 11.3 Å². The summed E-state index contributed by atoms with van der Waals surface area (Å²) in [5.41, 5.74) is 1.12. The largest absolute Gasteiger partial charge is 0.277 e. The average molecular weight is 361 g/mol. The number of anilines is 1. The van der Waals surface area contributed by atoms with E-state index in [0.717, 1.165) is 11.3 Å². The molecule has 0 bridgehead atoms. The Hall–Kier alpha value is -0.920. The molecule has 2 heterocycles. The third kappa shape index (κ3) is 3.34. The van der Waals surface area contributed by atoms with Crippen LogP contribution < -0.4 is 4.72 Å². The molecule has 0 aliphatic carbocycles. The van der Waals surface area contributed by atoms with Gasteiger partial charge in [0.2, 0.25) is 0 Å².